The molecule has 0 bridgehead atoms. The zero-order chi connectivity index (χ0) is 23.1. The first-order valence-electron chi connectivity index (χ1n) is 10.4. The summed E-state index contributed by atoms with van der Waals surface area (Å²) in [4.78, 5) is 23.9. The first kappa shape index (κ1) is 23.0. The quantitative estimate of drug-likeness (QED) is 0.289. The van der Waals surface area contributed by atoms with Crippen molar-refractivity contribution in [3.8, 4) is 0 Å². The van der Waals surface area contributed by atoms with Crippen LogP contribution in [0.5, 0.6) is 0 Å². The predicted octanol–water partition coefficient (Wildman–Crippen LogP) is 2.82. The third-order valence-corrected chi connectivity index (χ3v) is 5.47. The maximum Gasteiger partial charge on any atom is 0.251 e. The number of oxime groups is 1. The van der Waals surface area contributed by atoms with Gasteiger partial charge in [0.25, 0.3) is 5.91 Å². The summed E-state index contributed by atoms with van der Waals surface area (Å²) in [6, 6.07) is 18.4. The largest absolute Gasteiger partial charge is 0.411 e. The van der Waals surface area contributed by atoms with Crippen molar-refractivity contribution in [2.45, 2.75) is 19.3 Å². The summed E-state index contributed by atoms with van der Waals surface area (Å²) in [6.07, 6.45) is 2.05. The summed E-state index contributed by atoms with van der Waals surface area (Å²) in [5.41, 5.74) is 4.61. The van der Waals surface area contributed by atoms with Gasteiger partial charge in [-0.2, -0.15) is 0 Å². The zero-order valence-corrected chi connectivity index (χ0v) is 18.2. The van der Waals surface area contributed by atoms with Crippen LogP contribution in [0.3, 0.4) is 0 Å². The van der Waals surface area contributed by atoms with Crippen molar-refractivity contribution in [2.24, 2.45) is 12.2 Å². The Morgan fingerprint density at radius 1 is 1.06 bits per heavy atom. The van der Waals surface area contributed by atoms with E-state index in [1.807, 2.05) is 43.3 Å². The molecule has 7 heteroatoms. The van der Waals surface area contributed by atoms with Crippen molar-refractivity contribution in [2.75, 3.05) is 13.2 Å². The van der Waals surface area contributed by atoms with Crippen LogP contribution in [0.1, 0.15) is 45.0 Å². The van der Waals surface area contributed by atoms with Crippen LogP contribution in [0.2, 0.25) is 0 Å². The highest BCUT2D eigenvalue weighted by molar-refractivity contribution is 6.00. The van der Waals surface area contributed by atoms with Crippen molar-refractivity contribution < 1.29 is 15.1 Å². The Labute approximate surface area is 186 Å². The van der Waals surface area contributed by atoms with E-state index >= 15 is 0 Å². The molecule has 3 aromatic rings. The monoisotopic (exact) mass is 433 g/mol. The average Bonchev–Trinajstić information content (AvgIpc) is 2.81. The van der Waals surface area contributed by atoms with Crippen LogP contribution in [0.4, 0.5) is 0 Å². The normalized spacial score (nSPS) is 12.4. The van der Waals surface area contributed by atoms with Crippen molar-refractivity contribution in [3.63, 3.8) is 0 Å². The lowest BCUT2D eigenvalue weighted by atomic mass is 9.83. The number of amides is 1. The van der Waals surface area contributed by atoms with Gasteiger partial charge < -0.3 is 20.2 Å². The Morgan fingerprint density at radius 3 is 2.38 bits per heavy atom. The van der Waals surface area contributed by atoms with Crippen LogP contribution in [-0.2, 0) is 7.05 Å². The fraction of sp³-hybridized carbons (Fsp3) is 0.240. The third-order valence-electron chi connectivity index (χ3n) is 5.47. The summed E-state index contributed by atoms with van der Waals surface area (Å²) in [6.45, 7) is 2.11. The van der Waals surface area contributed by atoms with E-state index in [1.54, 1.807) is 31.4 Å². The van der Waals surface area contributed by atoms with E-state index in [-0.39, 0.29) is 30.5 Å². The number of nitrogens with zero attached hydrogens (tertiary/aromatic N) is 2. The fourth-order valence-corrected chi connectivity index (χ4v) is 3.70. The van der Waals surface area contributed by atoms with Gasteiger partial charge in [0.1, 0.15) is 0 Å². The van der Waals surface area contributed by atoms with Gasteiger partial charge in [-0.25, -0.2) is 0 Å². The van der Waals surface area contributed by atoms with Gasteiger partial charge in [-0.05, 0) is 41.8 Å². The van der Waals surface area contributed by atoms with Crippen LogP contribution in [-0.4, -0.2) is 39.7 Å². The molecule has 1 heterocycles. The smallest absolute Gasteiger partial charge is 0.251 e. The SMILES string of the molecule is Cc1ccccc1C(C/C(=N/O)c1ccc(=O)n(C)c1)c1ccc(C(=O)NCCO)cc1. The Hall–Kier alpha value is -3.71. The van der Waals surface area contributed by atoms with Crippen LogP contribution in [0.15, 0.2) is 76.8 Å². The molecule has 32 heavy (non-hydrogen) atoms. The maximum atomic E-state index is 12.2. The molecule has 0 aliphatic rings. The molecular formula is C25H27N3O4. The number of benzene rings is 2. The van der Waals surface area contributed by atoms with Gasteiger partial charge in [-0.1, -0.05) is 41.6 Å². The Morgan fingerprint density at radius 2 is 1.75 bits per heavy atom. The molecule has 1 atom stereocenters. The van der Waals surface area contributed by atoms with Crippen LogP contribution < -0.4 is 10.9 Å². The summed E-state index contributed by atoms with van der Waals surface area (Å²) in [5, 5.41) is 24.9. The molecule has 0 saturated heterocycles. The summed E-state index contributed by atoms with van der Waals surface area (Å²) < 4.78 is 1.45. The number of aromatic nitrogens is 1. The van der Waals surface area contributed by atoms with Crippen LogP contribution in [0.25, 0.3) is 0 Å². The van der Waals surface area contributed by atoms with Gasteiger partial charge >= 0.3 is 0 Å². The molecule has 1 aromatic heterocycles. The van der Waals surface area contributed by atoms with E-state index in [0.29, 0.717) is 23.3 Å². The van der Waals surface area contributed by atoms with E-state index in [1.165, 1.54) is 10.6 Å². The van der Waals surface area contributed by atoms with Gasteiger partial charge in [-0.3, -0.25) is 9.59 Å². The number of carbonyl (C=O) groups excluding carboxylic acids is 1. The minimum Gasteiger partial charge on any atom is -0.411 e. The van der Waals surface area contributed by atoms with E-state index < -0.39 is 0 Å². The average molecular weight is 434 g/mol. The third kappa shape index (κ3) is 5.31. The minimum absolute atomic E-state index is 0.118. The highest BCUT2D eigenvalue weighted by Crippen LogP contribution is 2.32. The molecule has 2 aromatic carbocycles. The highest BCUT2D eigenvalue weighted by Gasteiger charge is 2.21. The van der Waals surface area contributed by atoms with Gasteiger partial charge in [0.15, 0.2) is 0 Å². The first-order valence-corrected chi connectivity index (χ1v) is 10.4. The number of rotatable bonds is 8. The van der Waals surface area contributed by atoms with E-state index in [0.717, 1.165) is 16.7 Å². The van der Waals surface area contributed by atoms with E-state index in [2.05, 4.69) is 10.5 Å². The maximum absolute atomic E-state index is 12.2. The molecule has 0 spiro atoms. The molecule has 7 nitrogen and oxygen atoms in total. The number of aliphatic hydroxyl groups is 1. The van der Waals surface area contributed by atoms with Crippen molar-refractivity contribution >= 4 is 11.6 Å². The Bertz CT molecular complexity index is 1170. The van der Waals surface area contributed by atoms with Crippen molar-refractivity contribution in [1.29, 1.82) is 0 Å². The Kier molecular flexibility index (Phi) is 7.57. The summed E-state index contributed by atoms with van der Waals surface area (Å²) >= 11 is 0. The molecule has 3 rings (SSSR count). The predicted molar refractivity (Wildman–Crippen MR) is 124 cm³/mol. The summed E-state index contributed by atoms with van der Waals surface area (Å²) in [5.74, 6) is -0.380. The molecule has 166 valence electrons. The standard InChI is InChI=1S/C25H27N3O4/c1-17-5-3-4-6-21(17)22(15-23(27-32)20-11-12-24(30)28(2)16-20)18-7-9-19(10-8-18)25(31)26-13-14-29/h3-12,16,22,29,32H,13-15H2,1-2H3,(H,26,31)/b27-23-. The van der Waals surface area contributed by atoms with Crippen LogP contribution >= 0.6 is 0 Å². The van der Waals surface area contributed by atoms with Gasteiger partial charge in [0, 0.05) is 49.3 Å². The van der Waals surface area contributed by atoms with E-state index in [4.69, 9.17) is 5.11 Å². The van der Waals surface area contributed by atoms with Gasteiger partial charge in [-0.15, -0.1) is 0 Å². The fourth-order valence-electron chi connectivity index (χ4n) is 3.70. The molecular weight excluding hydrogens is 406 g/mol. The molecule has 0 aliphatic heterocycles. The molecule has 0 radical (unpaired) electrons. The molecule has 3 N–H and O–H groups in total. The summed E-state index contributed by atoms with van der Waals surface area (Å²) in [7, 11) is 1.65. The Balaban J connectivity index is 1.97. The number of hydrogen-bond donors (Lipinski definition) is 3. The van der Waals surface area contributed by atoms with E-state index in [9.17, 15) is 14.8 Å². The zero-order valence-electron chi connectivity index (χ0n) is 18.2. The molecule has 1 unspecified atom stereocenters. The number of carbonyl (C=O) groups is 1. The number of hydrogen-bond acceptors (Lipinski definition) is 5. The minimum atomic E-state index is -0.249. The lowest BCUT2D eigenvalue weighted by Crippen LogP contribution is -2.26. The molecule has 0 aliphatic carbocycles. The second kappa shape index (κ2) is 10.5. The number of pyridine rings is 1. The highest BCUT2D eigenvalue weighted by atomic mass is 16.4. The molecule has 0 fully saturated rings. The lowest BCUT2D eigenvalue weighted by molar-refractivity contribution is 0.0944. The molecule has 0 saturated carbocycles. The van der Waals surface area contributed by atoms with Gasteiger partial charge in [0.05, 0.1) is 12.3 Å². The topological polar surface area (TPSA) is 104 Å². The number of aryl methyl sites for hydroxylation is 2. The number of nitrogens with one attached hydrogen (secondary N) is 1. The number of aliphatic hydroxyl groups excluding tert-OH is 1. The second-order valence-corrected chi connectivity index (χ2v) is 7.63. The van der Waals surface area contributed by atoms with Crippen LogP contribution in [0, 0.1) is 6.92 Å². The van der Waals surface area contributed by atoms with Crippen molar-refractivity contribution in [1.82, 2.24) is 9.88 Å². The molecule has 1 amide bonds. The second-order valence-electron chi connectivity index (χ2n) is 7.63. The van der Waals surface area contributed by atoms with Crippen molar-refractivity contribution in [3.05, 3.63) is 105 Å². The van der Waals surface area contributed by atoms with Gasteiger partial charge in [0.2, 0.25) is 5.56 Å². The first-order chi connectivity index (χ1) is 15.4. The lowest BCUT2D eigenvalue weighted by Gasteiger charge is -2.21.